The van der Waals surface area contributed by atoms with Crippen molar-refractivity contribution in [2.75, 3.05) is 38.6 Å². The van der Waals surface area contributed by atoms with E-state index >= 15 is 0 Å². The van der Waals surface area contributed by atoms with Gasteiger partial charge in [-0.1, -0.05) is 29.8 Å². The molecule has 1 unspecified atom stereocenters. The van der Waals surface area contributed by atoms with Crippen molar-refractivity contribution in [3.63, 3.8) is 0 Å². The Bertz CT molecular complexity index is 758. The first-order valence-corrected chi connectivity index (χ1v) is 9.49. The van der Waals surface area contributed by atoms with Crippen LogP contribution in [0.2, 0.25) is 0 Å². The maximum absolute atomic E-state index is 12.3. The summed E-state index contributed by atoms with van der Waals surface area (Å²) in [5.41, 5.74) is 3.21. The summed E-state index contributed by atoms with van der Waals surface area (Å²) < 4.78 is 46.3. The SMILES string of the molecule is COC(Nc1ccc(OC(F)(F)F)cc1)N1CCN(Cc2ccc(C)cc2)CC1. The summed E-state index contributed by atoms with van der Waals surface area (Å²) in [6.45, 7) is 6.47. The number of halogens is 3. The lowest BCUT2D eigenvalue weighted by atomic mass is 10.1. The Kier molecular flexibility index (Phi) is 7.00. The standard InChI is InChI=1S/C21H26F3N3O2/c1-16-3-5-17(6-4-16)15-26-11-13-27(14-12-26)20(28-2)25-18-7-9-19(10-8-18)29-21(22,23)24/h3-10,20,25H,11-15H2,1-2H3. The largest absolute Gasteiger partial charge is 0.573 e. The van der Waals surface area contributed by atoms with E-state index in [0.29, 0.717) is 5.69 Å². The van der Waals surface area contributed by atoms with Crippen LogP contribution in [0.25, 0.3) is 0 Å². The van der Waals surface area contributed by atoms with Gasteiger partial charge in [0.25, 0.3) is 0 Å². The lowest BCUT2D eigenvalue weighted by molar-refractivity contribution is -0.274. The second-order valence-electron chi connectivity index (χ2n) is 7.10. The van der Waals surface area contributed by atoms with E-state index in [1.807, 2.05) is 0 Å². The fraction of sp³-hybridized carbons (Fsp3) is 0.429. The Balaban J connectivity index is 1.50. The molecule has 2 aromatic rings. The minimum atomic E-state index is -4.69. The van der Waals surface area contributed by atoms with Gasteiger partial charge in [-0.05, 0) is 36.8 Å². The van der Waals surface area contributed by atoms with Crippen LogP contribution in [-0.2, 0) is 11.3 Å². The number of aryl methyl sites for hydroxylation is 1. The summed E-state index contributed by atoms with van der Waals surface area (Å²) in [6, 6.07) is 14.2. The number of anilines is 1. The van der Waals surface area contributed by atoms with Gasteiger partial charge in [-0.3, -0.25) is 9.80 Å². The normalized spacial score (nSPS) is 17.1. The van der Waals surface area contributed by atoms with E-state index in [2.05, 4.69) is 51.0 Å². The Labute approximate surface area is 169 Å². The molecule has 5 nitrogen and oxygen atoms in total. The number of hydrogen-bond acceptors (Lipinski definition) is 5. The van der Waals surface area contributed by atoms with E-state index in [0.717, 1.165) is 32.7 Å². The Morgan fingerprint density at radius 1 is 0.966 bits per heavy atom. The van der Waals surface area contributed by atoms with Crippen LogP contribution in [-0.4, -0.2) is 55.8 Å². The van der Waals surface area contributed by atoms with Crippen molar-refractivity contribution in [2.45, 2.75) is 26.2 Å². The Morgan fingerprint density at radius 2 is 1.59 bits per heavy atom. The van der Waals surface area contributed by atoms with Crippen LogP contribution >= 0.6 is 0 Å². The number of ether oxygens (including phenoxy) is 2. The van der Waals surface area contributed by atoms with Crippen LogP contribution in [0.5, 0.6) is 5.75 Å². The molecule has 0 aliphatic carbocycles. The quantitative estimate of drug-likeness (QED) is 0.699. The molecular formula is C21H26F3N3O2. The summed E-state index contributed by atoms with van der Waals surface area (Å²) >= 11 is 0. The molecule has 2 aromatic carbocycles. The highest BCUT2D eigenvalue weighted by molar-refractivity contribution is 5.46. The number of benzene rings is 2. The van der Waals surface area contributed by atoms with Crippen molar-refractivity contribution in [3.05, 3.63) is 59.7 Å². The first kappa shape index (κ1) is 21.4. The highest BCUT2D eigenvalue weighted by Gasteiger charge is 2.31. The number of hydrogen-bond donors (Lipinski definition) is 1. The number of rotatable bonds is 7. The van der Waals surface area contributed by atoms with Gasteiger partial charge in [-0.15, -0.1) is 13.2 Å². The lowest BCUT2D eigenvalue weighted by Gasteiger charge is -2.39. The maximum Gasteiger partial charge on any atom is 0.573 e. The number of nitrogens with one attached hydrogen (secondary N) is 1. The van der Waals surface area contributed by atoms with Gasteiger partial charge < -0.3 is 14.8 Å². The van der Waals surface area contributed by atoms with Gasteiger partial charge in [0, 0.05) is 45.5 Å². The highest BCUT2D eigenvalue weighted by Crippen LogP contribution is 2.24. The molecule has 158 valence electrons. The molecule has 0 saturated carbocycles. The summed E-state index contributed by atoms with van der Waals surface area (Å²) in [6.07, 6.45) is -5.05. The number of methoxy groups -OCH3 is 1. The zero-order valence-electron chi connectivity index (χ0n) is 16.6. The van der Waals surface area contributed by atoms with Gasteiger partial charge in [-0.25, -0.2) is 0 Å². The third-order valence-electron chi connectivity index (χ3n) is 4.87. The molecule has 0 bridgehead atoms. The second kappa shape index (κ2) is 9.47. The topological polar surface area (TPSA) is 37.0 Å². The molecule has 0 amide bonds. The molecule has 29 heavy (non-hydrogen) atoms. The monoisotopic (exact) mass is 409 g/mol. The number of alkyl halides is 3. The van der Waals surface area contributed by atoms with Crippen LogP contribution in [0.15, 0.2) is 48.5 Å². The number of nitrogens with zero attached hydrogens (tertiary/aromatic N) is 2. The van der Waals surface area contributed by atoms with Gasteiger partial charge in [0.15, 0.2) is 6.35 Å². The van der Waals surface area contributed by atoms with Gasteiger partial charge in [0.1, 0.15) is 5.75 Å². The van der Waals surface area contributed by atoms with Crippen molar-refractivity contribution in [2.24, 2.45) is 0 Å². The molecule has 8 heteroatoms. The van der Waals surface area contributed by atoms with E-state index < -0.39 is 6.36 Å². The van der Waals surface area contributed by atoms with Crippen LogP contribution < -0.4 is 10.1 Å². The zero-order valence-corrected chi connectivity index (χ0v) is 16.6. The molecule has 1 aliphatic heterocycles. The molecule has 1 aliphatic rings. The summed E-state index contributed by atoms with van der Waals surface area (Å²) in [4.78, 5) is 4.57. The fourth-order valence-electron chi connectivity index (χ4n) is 3.30. The average molecular weight is 409 g/mol. The minimum absolute atomic E-state index is 0.248. The third kappa shape index (κ3) is 6.62. The first-order valence-electron chi connectivity index (χ1n) is 9.49. The van der Waals surface area contributed by atoms with Gasteiger partial charge in [0.05, 0.1) is 0 Å². The van der Waals surface area contributed by atoms with Crippen molar-refractivity contribution < 1.29 is 22.6 Å². The summed E-state index contributed by atoms with van der Waals surface area (Å²) in [7, 11) is 1.61. The molecule has 0 aromatic heterocycles. The van der Waals surface area contributed by atoms with E-state index in [4.69, 9.17) is 4.74 Å². The zero-order chi connectivity index (χ0) is 20.9. The molecule has 1 saturated heterocycles. The van der Waals surface area contributed by atoms with Crippen LogP contribution in [0.3, 0.4) is 0 Å². The van der Waals surface area contributed by atoms with E-state index in [1.165, 1.54) is 23.3 Å². The minimum Gasteiger partial charge on any atom is -0.406 e. The van der Waals surface area contributed by atoms with Crippen molar-refractivity contribution in [1.29, 1.82) is 0 Å². The van der Waals surface area contributed by atoms with E-state index in [1.54, 1.807) is 19.2 Å². The highest BCUT2D eigenvalue weighted by atomic mass is 19.4. The molecule has 0 spiro atoms. The molecule has 1 atom stereocenters. The predicted octanol–water partition coefficient (Wildman–Crippen LogP) is 4.05. The second-order valence-corrected chi connectivity index (χ2v) is 7.10. The predicted molar refractivity (Wildman–Crippen MR) is 106 cm³/mol. The lowest BCUT2D eigenvalue weighted by Crippen LogP contribution is -2.53. The third-order valence-corrected chi connectivity index (χ3v) is 4.87. The van der Waals surface area contributed by atoms with Crippen molar-refractivity contribution >= 4 is 5.69 Å². The van der Waals surface area contributed by atoms with E-state index in [9.17, 15) is 13.2 Å². The van der Waals surface area contributed by atoms with Crippen molar-refractivity contribution in [1.82, 2.24) is 9.80 Å². The molecule has 1 fully saturated rings. The Morgan fingerprint density at radius 3 is 2.14 bits per heavy atom. The smallest absolute Gasteiger partial charge is 0.406 e. The Hall–Kier alpha value is -2.29. The van der Waals surface area contributed by atoms with E-state index in [-0.39, 0.29) is 12.1 Å². The van der Waals surface area contributed by atoms with Gasteiger partial charge >= 0.3 is 6.36 Å². The fourth-order valence-corrected chi connectivity index (χ4v) is 3.30. The average Bonchev–Trinajstić information content (AvgIpc) is 2.69. The van der Waals surface area contributed by atoms with Crippen LogP contribution in [0.4, 0.5) is 18.9 Å². The maximum atomic E-state index is 12.3. The molecule has 1 N–H and O–H groups in total. The van der Waals surface area contributed by atoms with Crippen LogP contribution in [0.1, 0.15) is 11.1 Å². The molecule has 0 radical (unpaired) electrons. The summed E-state index contributed by atoms with van der Waals surface area (Å²) in [5.74, 6) is -0.248. The van der Waals surface area contributed by atoms with Crippen molar-refractivity contribution in [3.8, 4) is 5.75 Å². The number of piperazine rings is 1. The van der Waals surface area contributed by atoms with Gasteiger partial charge in [-0.2, -0.15) is 0 Å². The first-order chi connectivity index (χ1) is 13.8. The van der Waals surface area contributed by atoms with Crippen LogP contribution in [0, 0.1) is 6.92 Å². The molecule has 1 heterocycles. The molecule has 3 rings (SSSR count). The molecular weight excluding hydrogens is 383 g/mol. The van der Waals surface area contributed by atoms with Gasteiger partial charge in [0.2, 0.25) is 0 Å². The summed E-state index contributed by atoms with van der Waals surface area (Å²) in [5, 5.41) is 3.21.